The number of hydrogen-bond acceptors (Lipinski definition) is 5. The molecule has 2 aromatic carbocycles. The predicted molar refractivity (Wildman–Crippen MR) is 151 cm³/mol. The third-order valence-corrected chi connectivity index (χ3v) is 7.85. The Balaban J connectivity index is 1.85. The molecule has 0 saturated carbocycles. The number of nitrogens with zero attached hydrogens (tertiary/aromatic N) is 2. The second-order valence-corrected chi connectivity index (χ2v) is 12.3. The van der Waals surface area contributed by atoms with Gasteiger partial charge in [0, 0.05) is 12.0 Å². The third kappa shape index (κ3) is 5.62. The van der Waals surface area contributed by atoms with E-state index in [0.717, 1.165) is 12.0 Å². The van der Waals surface area contributed by atoms with Crippen LogP contribution in [0.15, 0.2) is 53.5 Å². The van der Waals surface area contributed by atoms with Crippen LogP contribution in [-0.2, 0) is 9.53 Å². The SMILES string of the molecule is COC(=O)c1ccc([C@@H](CCC(C)(C)C)N2C(=O)C(c3cc(O)c(Cl)cc3Cl)=NC23CC=CC(C)C3)cc1. The summed E-state index contributed by atoms with van der Waals surface area (Å²) in [6.07, 6.45) is 7.02. The minimum absolute atomic E-state index is 0.0366. The van der Waals surface area contributed by atoms with Crippen LogP contribution in [0.5, 0.6) is 5.75 Å². The second kappa shape index (κ2) is 10.7. The Hall–Kier alpha value is -2.83. The number of aliphatic imine (C=N–C) groups is 1. The largest absolute Gasteiger partial charge is 0.506 e. The van der Waals surface area contributed by atoms with Crippen molar-refractivity contribution in [3.63, 3.8) is 0 Å². The zero-order chi connectivity index (χ0) is 27.8. The zero-order valence-corrected chi connectivity index (χ0v) is 23.9. The summed E-state index contributed by atoms with van der Waals surface area (Å²) in [6, 6.07) is 9.80. The maximum atomic E-state index is 14.3. The van der Waals surface area contributed by atoms with Crippen molar-refractivity contribution in [2.24, 2.45) is 16.3 Å². The maximum absolute atomic E-state index is 14.3. The first-order valence-corrected chi connectivity index (χ1v) is 13.6. The quantitative estimate of drug-likeness (QED) is 0.297. The molecule has 1 spiro atoms. The highest BCUT2D eigenvalue weighted by Gasteiger charge is 2.51. The van der Waals surface area contributed by atoms with E-state index in [9.17, 15) is 14.7 Å². The van der Waals surface area contributed by atoms with Crippen LogP contribution in [-0.4, -0.2) is 40.4 Å². The van der Waals surface area contributed by atoms with Gasteiger partial charge in [-0.2, -0.15) is 0 Å². The van der Waals surface area contributed by atoms with Crippen LogP contribution in [0, 0.1) is 11.3 Å². The Morgan fingerprint density at radius 3 is 2.50 bits per heavy atom. The number of ether oxygens (including phenoxy) is 1. The lowest BCUT2D eigenvalue weighted by Gasteiger charge is -2.44. The van der Waals surface area contributed by atoms with Gasteiger partial charge in [0.1, 0.15) is 17.1 Å². The van der Waals surface area contributed by atoms with Crippen LogP contribution in [0.3, 0.4) is 0 Å². The molecule has 3 atom stereocenters. The van der Waals surface area contributed by atoms with E-state index in [1.807, 2.05) is 17.0 Å². The van der Waals surface area contributed by atoms with E-state index >= 15 is 0 Å². The molecule has 0 saturated heterocycles. The first-order chi connectivity index (χ1) is 17.8. The lowest BCUT2D eigenvalue weighted by molar-refractivity contribution is -0.132. The molecule has 1 aliphatic heterocycles. The smallest absolute Gasteiger partial charge is 0.337 e. The molecule has 8 heteroatoms. The summed E-state index contributed by atoms with van der Waals surface area (Å²) in [5.41, 5.74) is 1.17. The minimum atomic E-state index is -0.803. The molecular formula is C30H34Cl2N2O4. The number of rotatable bonds is 6. The minimum Gasteiger partial charge on any atom is -0.506 e. The normalized spacial score (nSPS) is 22.1. The fourth-order valence-electron chi connectivity index (χ4n) is 5.36. The summed E-state index contributed by atoms with van der Waals surface area (Å²) < 4.78 is 4.87. The van der Waals surface area contributed by atoms with Gasteiger partial charge in [0.25, 0.3) is 5.91 Å². The number of halogens is 2. The van der Waals surface area contributed by atoms with Crippen LogP contribution in [0.1, 0.15) is 80.9 Å². The molecule has 4 rings (SSSR count). The maximum Gasteiger partial charge on any atom is 0.337 e. The van der Waals surface area contributed by atoms with Crippen molar-refractivity contribution in [2.75, 3.05) is 7.11 Å². The summed E-state index contributed by atoms with van der Waals surface area (Å²) in [7, 11) is 1.35. The molecular weight excluding hydrogens is 523 g/mol. The number of phenols is 1. The van der Waals surface area contributed by atoms with Crippen molar-refractivity contribution in [3.05, 3.63) is 75.3 Å². The molecule has 1 aliphatic carbocycles. The molecule has 1 amide bonds. The number of methoxy groups -OCH3 is 1. The van der Waals surface area contributed by atoms with E-state index in [0.29, 0.717) is 30.4 Å². The van der Waals surface area contributed by atoms with Gasteiger partial charge in [-0.25, -0.2) is 4.79 Å². The van der Waals surface area contributed by atoms with Crippen molar-refractivity contribution in [3.8, 4) is 5.75 Å². The molecule has 1 heterocycles. The van der Waals surface area contributed by atoms with E-state index in [-0.39, 0.29) is 44.8 Å². The molecule has 2 aromatic rings. The van der Waals surface area contributed by atoms with Crippen molar-refractivity contribution in [2.45, 2.75) is 65.1 Å². The molecule has 0 fully saturated rings. The lowest BCUT2D eigenvalue weighted by atomic mass is 9.82. The standard InChI is InChI=1S/C30H34Cl2N2O4/c1-18-7-6-13-30(17-18)33-26(21-15-25(35)23(32)16-22(21)31)27(36)34(30)24(12-14-29(2,3)4)19-8-10-20(11-9-19)28(37)38-5/h6-11,15-16,18,24,35H,12-14,17H2,1-5H3/t18?,24-,30?/m1/s1. The Labute approximate surface area is 234 Å². The predicted octanol–water partition coefficient (Wildman–Crippen LogP) is 7.37. The van der Waals surface area contributed by atoms with Crippen molar-refractivity contribution in [1.29, 1.82) is 0 Å². The summed E-state index contributed by atoms with van der Waals surface area (Å²) >= 11 is 12.6. The van der Waals surface area contributed by atoms with E-state index < -0.39 is 11.6 Å². The summed E-state index contributed by atoms with van der Waals surface area (Å²) in [5, 5.41) is 10.7. The number of benzene rings is 2. The number of aromatic hydroxyl groups is 1. The first kappa shape index (κ1) is 28.2. The lowest BCUT2D eigenvalue weighted by Crippen LogP contribution is -2.50. The van der Waals surface area contributed by atoms with Gasteiger partial charge in [-0.1, -0.05) is 75.2 Å². The molecule has 1 N–H and O–H groups in total. The molecule has 2 aliphatic rings. The van der Waals surface area contributed by atoms with Crippen LogP contribution in [0.25, 0.3) is 0 Å². The molecule has 202 valence electrons. The Morgan fingerprint density at radius 1 is 1.21 bits per heavy atom. The number of esters is 1. The van der Waals surface area contributed by atoms with Gasteiger partial charge in [-0.05, 0) is 60.4 Å². The van der Waals surface area contributed by atoms with Gasteiger partial charge in [-0.15, -0.1) is 0 Å². The number of allylic oxidation sites excluding steroid dienone is 1. The fourth-order valence-corrected chi connectivity index (χ4v) is 5.83. The number of carbonyl (C=O) groups is 2. The molecule has 6 nitrogen and oxygen atoms in total. The highest BCUT2D eigenvalue weighted by Crippen LogP contribution is 2.47. The zero-order valence-electron chi connectivity index (χ0n) is 22.4. The highest BCUT2D eigenvalue weighted by molar-refractivity contribution is 6.50. The molecule has 2 unspecified atom stereocenters. The van der Waals surface area contributed by atoms with Gasteiger partial charge in [0.05, 0.1) is 28.8 Å². The van der Waals surface area contributed by atoms with Crippen LogP contribution in [0.2, 0.25) is 10.0 Å². The highest BCUT2D eigenvalue weighted by atomic mass is 35.5. The first-order valence-electron chi connectivity index (χ1n) is 12.8. The van der Waals surface area contributed by atoms with Crippen molar-refractivity contribution < 1.29 is 19.4 Å². The van der Waals surface area contributed by atoms with Gasteiger partial charge >= 0.3 is 5.97 Å². The third-order valence-electron chi connectivity index (χ3n) is 7.24. The van der Waals surface area contributed by atoms with Crippen LogP contribution >= 0.6 is 23.2 Å². The van der Waals surface area contributed by atoms with E-state index in [2.05, 4.69) is 39.8 Å². The Kier molecular flexibility index (Phi) is 7.96. The van der Waals surface area contributed by atoms with Gasteiger partial charge in [-0.3, -0.25) is 9.79 Å². The number of amides is 1. The topological polar surface area (TPSA) is 79.2 Å². The summed E-state index contributed by atoms with van der Waals surface area (Å²) in [4.78, 5) is 33.4. The Bertz CT molecular complexity index is 1300. The average Bonchev–Trinajstić information content (AvgIpc) is 3.11. The van der Waals surface area contributed by atoms with E-state index in [4.69, 9.17) is 32.9 Å². The molecule has 0 aromatic heterocycles. The van der Waals surface area contributed by atoms with Crippen molar-refractivity contribution in [1.82, 2.24) is 4.90 Å². The van der Waals surface area contributed by atoms with Crippen LogP contribution in [0.4, 0.5) is 0 Å². The molecule has 38 heavy (non-hydrogen) atoms. The van der Waals surface area contributed by atoms with Crippen molar-refractivity contribution >= 4 is 40.8 Å². The molecule has 0 bridgehead atoms. The van der Waals surface area contributed by atoms with Gasteiger partial charge in [0.15, 0.2) is 0 Å². The summed E-state index contributed by atoms with van der Waals surface area (Å²) in [6.45, 7) is 8.64. The molecule has 0 radical (unpaired) electrons. The van der Waals surface area contributed by atoms with Gasteiger partial charge in [0.2, 0.25) is 0 Å². The van der Waals surface area contributed by atoms with Gasteiger partial charge < -0.3 is 14.7 Å². The number of hydrogen-bond donors (Lipinski definition) is 1. The second-order valence-electron chi connectivity index (χ2n) is 11.4. The summed E-state index contributed by atoms with van der Waals surface area (Å²) in [5.74, 6) is -0.604. The van der Waals surface area contributed by atoms with E-state index in [1.54, 1.807) is 12.1 Å². The van der Waals surface area contributed by atoms with E-state index in [1.165, 1.54) is 19.2 Å². The monoisotopic (exact) mass is 556 g/mol. The van der Waals surface area contributed by atoms with Crippen LogP contribution < -0.4 is 0 Å². The Morgan fingerprint density at radius 2 is 1.89 bits per heavy atom. The average molecular weight is 558 g/mol. The fraction of sp³-hybridized carbons (Fsp3) is 0.433. The number of phenolic OH excluding ortho intramolecular Hbond substituents is 1. The number of carbonyl (C=O) groups excluding carboxylic acids is 2.